The van der Waals surface area contributed by atoms with Gasteiger partial charge in [-0.1, -0.05) is 0 Å². The molecule has 1 amide bonds. The van der Waals surface area contributed by atoms with E-state index >= 15 is 0 Å². The number of hydrogen-bond donors (Lipinski definition) is 1. The molecule has 0 aliphatic rings. The maximum atomic E-state index is 11.6. The van der Waals surface area contributed by atoms with Gasteiger partial charge in [0.05, 0.1) is 12.7 Å². The van der Waals surface area contributed by atoms with Crippen molar-refractivity contribution in [2.45, 2.75) is 32.9 Å². The highest BCUT2D eigenvalue weighted by molar-refractivity contribution is 5.67. The number of nitrogens with one attached hydrogen (secondary N) is 1. The van der Waals surface area contributed by atoms with Crippen molar-refractivity contribution in [1.82, 2.24) is 15.1 Å². The summed E-state index contributed by atoms with van der Waals surface area (Å²) in [6.07, 6.45) is 3.10. The molecule has 0 radical (unpaired) electrons. The summed E-state index contributed by atoms with van der Waals surface area (Å²) in [4.78, 5) is 13.1. The average molecular weight is 211 g/mol. The van der Waals surface area contributed by atoms with E-state index < -0.39 is 5.60 Å². The van der Waals surface area contributed by atoms with Gasteiger partial charge in [0.25, 0.3) is 0 Å². The summed E-state index contributed by atoms with van der Waals surface area (Å²) in [6, 6.07) is 0. The number of aromatic nitrogens is 2. The van der Waals surface area contributed by atoms with Gasteiger partial charge in [-0.2, -0.15) is 5.10 Å². The van der Waals surface area contributed by atoms with Crippen LogP contribution in [0.3, 0.4) is 0 Å². The summed E-state index contributed by atoms with van der Waals surface area (Å²) in [7, 11) is 1.70. The van der Waals surface area contributed by atoms with Crippen molar-refractivity contribution in [3.63, 3.8) is 0 Å². The first-order valence-corrected chi connectivity index (χ1v) is 4.80. The standard InChI is InChI=1S/C10H17N3O2/c1-10(2,3)15-9(14)13(4)7-8-5-11-12-6-8/h5-6H,7H2,1-4H3,(H,11,12). The minimum Gasteiger partial charge on any atom is -0.444 e. The lowest BCUT2D eigenvalue weighted by Crippen LogP contribution is -2.33. The Labute approximate surface area is 89.4 Å². The number of carbonyl (C=O) groups is 1. The molecule has 1 aromatic heterocycles. The van der Waals surface area contributed by atoms with Gasteiger partial charge < -0.3 is 9.64 Å². The van der Waals surface area contributed by atoms with Crippen LogP contribution in [0.15, 0.2) is 12.4 Å². The van der Waals surface area contributed by atoms with E-state index in [0.717, 1.165) is 5.56 Å². The molecule has 0 atom stereocenters. The zero-order valence-corrected chi connectivity index (χ0v) is 9.57. The fraction of sp³-hybridized carbons (Fsp3) is 0.600. The molecule has 84 valence electrons. The van der Waals surface area contributed by atoms with Crippen LogP contribution in [-0.4, -0.2) is 33.8 Å². The van der Waals surface area contributed by atoms with Crippen LogP contribution in [0, 0.1) is 0 Å². The van der Waals surface area contributed by atoms with Crippen molar-refractivity contribution in [2.75, 3.05) is 7.05 Å². The molecule has 5 nitrogen and oxygen atoms in total. The molecular weight excluding hydrogens is 194 g/mol. The minimum absolute atomic E-state index is 0.330. The zero-order chi connectivity index (χ0) is 11.5. The van der Waals surface area contributed by atoms with E-state index in [1.807, 2.05) is 20.8 Å². The Bertz CT molecular complexity index is 314. The van der Waals surface area contributed by atoms with Crippen molar-refractivity contribution in [1.29, 1.82) is 0 Å². The number of nitrogens with zero attached hydrogens (tertiary/aromatic N) is 2. The van der Waals surface area contributed by atoms with Gasteiger partial charge in [0.2, 0.25) is 0 Å². The fourth-order valence-corrected chi connectivity index (χ4v) is 1.04. The summed E-state index contributed by atoms with van der Waals surface area (Å²) in [5.74, 6) is 0. The monoisotopic (exact) mass is 211 g/mol. The van der Waals surface area contributed by atoms with Crippen molar-refractivity contribution >= 4 is 6.09 Å². The predicted molar refractivity (Wildman–Crippen MR) is 56.3 cm³/mol. The van der Waals surface area contributed by atoms with Gasteiger partial charge in [-0.15, -0.1) is 0 Å². The summed E-state index contributed by atoms with van der Waals surface area (Å²) >= 11 is 0. The maximum Gasteiger partial charge on any atom is 0.410 e. The van der Waals surface area contributed by atoms with Crippen molar-refractivity contribution in [3.8, 4) is 0 Å². The first-order valence-electron chi connectivity index (χ1n) is 4.80. The normalized spacial score (nSPS) is 11.2. The second-order valence-corrected chi connectivity index (χ2v) is 4.44. The number of carbonyl (C=O) groups excluding carboxylic acids is 1. The van der Waals surface area contributed by atoms with Crippen LogP contribution < -0.4 is 0 Å². The van der Waals surface area contributed by atoms with Crippen LogP contribution in [-0.2, 0) is 11.3 Å². The van der Waals surface area contributed by atoms with Gasteiger partial charge in [0.1, 0.15) is 5.60 Å². The predicted octanol–water partition coefficient (Wildman–Crippen LogP) is 1.78. The molecule has 0 bridgehead atoms. The molecule has 0 unspecified atom stereocenters. The Balaban J connectivity index is 2.47. The van der Waals surface area contributed by atoms with Crippen molar-refractivity contribution in [3.05, 3.63) is 18.0 Å². The molecule has 1 N–H and O–H groups in total. The van der Waals surface area contributed by atoms with Crippen LogP contribution in [0.4, 0.5) is 4.79 Å². The van der Waals surface area contributed by atoms with Crippen LogP contribution in [0.1, 0.15) is 26.3 Å². The van der Waals surface area contributed by atoms with Gasteiger partial charge in [0, 0.05) is 18.8 Å². The summed E-state index contributed by atoms with van der Waals surface area (Å²) in [5.41, 5.74) is 0.491. The van der Waals surface area contributed by atoms with Gasteiger partial charge >= 0.3 is 6.09 Å². The zero-order valence-electron chi connectivity index (χ0n) is 9.57. The number of ether oxygens (including phenoxy) is 1. The molecule has 5 heteroatoms. The van der Waals surface area contributed by atoms with E-state index in [4.69, 9.17) is 4.74 Å². The van der Waals surface area contributed by atoms with E-state index in [2.05, 4.69) is 10.2 Å². The second kappa shape index (κ2) is 4.33. The molecule has 0 saturated heterocycles. The first kappa shape index (κ1) is 11.6. The van der Waals surface area contributed by atoms with E-state index in [1.54, 1.807) is 19.4 Å². The van der Waals surface area contributed by atoms with E-state index in [0.29, 0.717) is 6.54 Å². The number of aromatic amines is 1. The molecule has 0 aromatic carbocycles. The third-order valence-electron chi connectivity index (χ3n) is 1.68. The lowest BCUT2D eigenvalue weighted by atomic mass is 10.2. The summed E-state index contributed by atoms with van der Waals surface area (Å²) in [5, 5.41) is 6.50. The van der Waals surface area contributed by atoms with Crippen LogP contribution in [0.25, 0.3) is 0 Å². The third-order valence-corrected chi connectivity index (χ3v) is 1.68. The lowest BCUT2D eigenvalue weighted by molar-refractivity contribution is 0.0285. The highest BCUT2D eigenvalue weighted by atomic mass is 16.6. The van der Waals surface area contributed by atoms with E-state index in [9.17, 15) is 4.79 Å². The van der Waals surface area contributed by atoms with Gasteiger partial charge in [0.15, 0.2) is 0 Å². The van der Waals surface area contributed by atoms with E-state index in [1.165, 1.54) is 4.90 Å². The molecule has 1 aromatic rings. The van der Waals surface area contributed by atoms with Gasteiger partial charge in [-0.25, -0.2) is 4.79 Å². The molecule has 0 saturated carbocycles. The Hall–Kier alpha value is -1.52. The summed E-state index contributed by atoms with van der Waals surface area (Å²) in [6.45, 7) is 6.02. The highest BCUT2D eigenvalue weighted by Gasteiger charge is 2.19. The number of rotatable bonds is 2. The molecule has 0 spiro atoms. The average Bonchev–Trinajstić information content (AvgIpc) is 2.53. The number of amides is 1. The van der Waals surface area contributed by atoms with Crippen LogP contribution >= 0.6 is 0 Å². The second-order valence-electron chi connectivity index (χ2n) is 4.44. The first-order chi connectivity index (χ1) is 6.88. The Morgan fingerprint density at radius 2 is 2.27 bits per heavy atom. The van der Waals surface area contributed by atoms with Crippen LogP contribution in [0.2, 0.25) is 0 Å². The third kappa shape index (κ3) is 4.01. The van der Waals surface area contributed by atoms with Gasteiger partial charge in [-0.3, -0.25) is 5.10 Å². The minimum atomic E-state index is -0.457. The SMILES string of the molecule is CN(Cc1cn[nH]c1)C(=O)OC(C)(C)C. The van der Waals surface area contributed by atoms with Crippen molar-refractivity contribution < 1.29 is 9.53 Å². The summed E-state index contributed by atoms with van der Waals surface area (Å²) < 4.78 is 5.20. The molecule has 0 aliphatic carbocycles. The molecule has 1 rings (SSSR count). The smallest absolute Gasteiger partial charge is 0.410 e. The topological polar surface area (TPSA) is 58.2 Å². The van der Waals surface area contributed by atoms with Crippen LogP contribution in [0.5, 0.6) is 0 Å². The van der Waals surface area contributed by atoms with E-state index in [-0.39, 0.29) is 6.09 Å². The number of H-pyrrole nitrogens is 1. The highest BCUT2D eigenvalue weighted by Crippen LogP contribution is 2.10. The fourth-order valence-electron chi connectivity index (χ4n) is 1.04. The van der Waals surface area contributed by atoms with Crippen molar-refractivity contribution in [2.24, 2.45) is 0 Å². The lowest BCUT2D eigenvalue weighted by Gasteiger charge is -2.24. The quantitative estimate of drug-likeness (QED) is 0.811. The molecule has 15 heavy (non-hydrogen) atoms. The number of hydrogen-bond acceptors (Lipinski definition) is 3. The molecule has 1 heterocycles. The molecule has 0 fully saturated rings. The maximum absolute atomic E-state index is 11.6. The Morgan fingerprint density at radius 1 is 1.60 bits per heavy atom. The Kier molecular flexibility index (Phi) is 3.34. The molecular formula is C10H17N3O2. The Morgan fingerprint density at radius 3 is 2.73 bits per heavy atom. The molecule has 0 aliphatic heterocycles. The largest absolute Gasteiger partial charge is 0.444 e. The van der Waals surface area contributed by atoms with Gasteiger partial charge in [-0.05, 0) is 20.8 Å².